The van der Waals surface area contributed by atoms with Gasteiger partial charge in [-0.3, -0.25) is 0 Å². The van der Waals surface area contributed by atoms with Gasteiger partial charge in [-0.15, -0.1) is 0 Å². The summed E-state index contributed by atoms with van der Waals surface area (Å²) in [5.41, 5.74) is 5.34. The monoisotopic (exact) mass is 568 g/mol. The average molecular weight is 569 g/mol. The first-order chi connectivity index (χ1) is 21.6. The van der Waals surface area contributed by atoms with Crippen molar-refractivity contribution in [3.05, 3.63) is 120 Å². The van der Waals surface area contributed by atoms with Gasteiger partial charge in [0, 0.05) is 16.7 Å². The van der Waals surface area contributed by atoms with Crippen molar-refractivity contribution in [2.24, 2.45) is 17.8 Å². The molecule has 6 aromatic rings. The zero-order valence-corrected chi connectivity index (χ0v) is 24.6. The van der Waals surface area contributed by atoms with E-state index in [0.29, 0.717) is 28.6 Å². The molecule has 5 aromatic carbocycles. The second-order valence-electron chi connectivity index (χ2n) is 13.5. The lowest BCUT2D eigenvalue weighted by Crippen LogP contribution is -2.48. The molecule has 10 rings (SSSR count). The third-order valence-corrected chi connectivity index (χ3v) is 10.7. The van der Waals surface area contributed by atoms with Crippen LogP contribution in [0.5, 0.6) is 0 Å². The molecule has 4 nitrogen and oxygen atoms in total. The lowest BCUT2D eigenvalue weighted by atomic mass is 9.48. The van der Waals surface area contributed by atoms with Gasteiger partial charge in [0.15, 0.2) is 23.2 Å². The van der Waals surface area contributed by atoms with E-state index >= 15 is 0 Å². The minimum absolute atomic E-state index is 0.408. The Bertz CT molecular complexity index is 2070. The van der Waals surface area contributed by atoms with E-state index in [-0.39, 0.29) is 0 Å². The van der Waals surface area contributed by atoms with E-state index in [9.17, 15) is 0 Å². The van der Waals surface area contributed by atoms with Crippen molar-refractivity contribution in [1.29, 1.82) is 0 Å². The fraction of sp³-hybridized carbons (Fsp3) is 0.250. The van der Waals surface area contributed by atoms with Gasteiger partial charge in [-0.05, 0) is 94.9 Å². The molecule has 212 valence electrons. The van der Waals surface area contributed by atoms with Crippen LogP contribution in [0.25, 0.3) is 60.6 Å². The molecule has 4 saturated carbocycles. The van der Waals surface area contributed by atoms with Gasteiger partial charge in [0.1, 0.15) is 0 Å². The van der Waals surface area contributed by atoms with Crippen LogP contribution in [-0.2, 0) is 5.41 Å². The van der Waals surface area contributed by atoms with E-state index in [1.807, 2.05) is 54.6 Å². The van der Waals surface area contributed by atoms with Crippen LogP contribution in [0.2, 0.25) is 0 Å². The molecule has 0 N–H and O–H groups in total. The average Bonchev–Trinajstić information content (AvgIpc) is 3.07. The summed E-state index contributed by atoms with van der Waals surface area (Å²) in [6.07, 6.45) is 8.61. The second kappa shape index (κ2) is 9.82. The first-order valence-corrected chi connectivity index (χ1v) is 15.9. The topological polar surface area (TPSA) is 43.0 Å². The van der Waals surface area contributed by atoms with Crippen LogP contribution in [0.3, 0.4) is 0 Å². The fourth-order valence-corrected chi connectivity index (χ4v) is 9.04. The van der Waals surface area contributed by atoms with Crippen molar-refractivity contribution in [3.8, 4) is 34.2 Å². The third-order valence-electron chi connectivity index (χ3n) is 10.7. The van der Waals surface area contributed by atoms with Gasteiger partial charge in [0.05, 0.1) is 6.57 Å². The molecule has 0 saturated heterocycles. The minimum atomic E-state index is 0.408. The molecule has 0 unspecified atom stereocenters. The largest absolute Gasteiger partial charge is 0.238 e. The van der Waals surface area contributed by atoms with E-state index in [4.69, 9.17) is 21.5 Å². The molecular formula is C40H32N4. The van der Waals surface area contributed by atoms with Crippen LogP contribution in [0.15, 0.2) is 103 Å². The van der Waals surface area contributed by atoms with Crippen LogP contribution >= 0.6 is 0 Å². The van der Waals surface area contributed by atoms with Crippen molar-refractivity contribution in [2.75, 3.05) is 0 Å². The number of benzene rings is 5. The summed E-state index contributed by atoms with van der Waals surface area (Å²) in [7, 11) is 0. The van der Waals surface area contributed by atoms with Gasteiger partial charge in [0.2, 0.25) is 0 Å². The van der Waals surface area contributed by atoms with Crippen molar-refractivity contribution < 1.29 is 0 Å². The predicted molar refractivity (Wildman–Crippen MR) is 177 cm³/mol. The van der Waals surface area contributed by atoms with E-state index in [0.717, 1.165) is 34.4 Å². The molecule has 1 heterocycles. The summed E-state index contributed by atoms with van der Waals surface area (Å²) in [6.45, 7) is 7.30. The normalized spacial score (nSPS) is 23.7. The number of fused-ring (bicyclic) bond motifs is 3. The Morgan fingerprint density at radius 1 is 0.545 bits per heavy atom. The van der Waals surface area contributed by atoms with Gasteiger partial charge in [-0.1, -0.05) is 97.1 Å². The molecular weight excluding hydrogens is 536 g/mol. The highest BCUT2D eigenvalue weighted by atomic mass is 15.0. The number of aromatic nitrogens is 3. The van der Waals surface area contributed by atoms with E-state index in [2.05, 4.69) is 53.4 Å². The molecule has 4 fully saturated rings. The van der Waals surface area contributed by atoms with Crippen LogP contribution in [0.4, 0.5) is 5.69 Å². The molecule has 4 bridgehead atoms. The Balaban J connectivity index is 1.12. The molecule has 0 amide bonds. The van der Waals surface area contributed by atoms with Crippen LogP contribution in [0, 0.1) is 24.3 Å². The summed E-state index contributed by atoms with van der Waals surface area (Å²) in [4.78, 5) is 18.2. The lowest BCUT2D eigenvalue weighted by molar-refractivity contribution is -0.00512. The van der Waals surface area contributed by atoms with E-state index < -0.39 is 0 Å². The van der Waals surface area contributed by atoms with Crippen LogP contribution in [-0.4, -0.2) is 15.0 Å². The van der Waals surface area contributed by atoms with Gasteiger partial charge in [-0.2, -0.15) is 0 Å². The summed E-state index contributed by atoms with van der Waals surface area (Å²) in [5.74, 6) is 4.72. The molecule has 0 aliphatic heterocycles. The maximum absolute atomic E-state index is 7.30. The maximum Gasteiger partial charge on any atom is 0.187 e. The van der Waals surface area contributed by atoms with E-state index in [1.165, 1.54) is 60.1 Å². The third kappa shape index (κ3) is 4.22. The highest BCUT2D eigenvalue weighted by Crippen LogP contribution is 2.61. The fourth-order valence-electron chi connectivity index (χ4n) is 9.04. The number of nitrogens with zero attached hydrogens (tertiary/aromatic N) is 4. The SMILES string of the molecule is [C-]#[N+]c1ccc(-c2nc(-c3ccccc3)nc(-c3ccc4c(ccc5cc(C67CC8CC(CC(C8)C6)C7)ccc54)c3)n2)cc1. The van der Waals surface area contributed by atoms with E-state index in [1.54, 1.807) is 5.56 Å². The van der Waals surface area contributed by atoms with Crippen molar-refractivity contribution >= 4 is 27.2 Å². The predicted octanol–water partition coefficient (Wildman–Crippen LogP) is 10.2. The first kappa shape index (κ1) is 25.6. The van der Waals surface area contributed by atoms with Crippen LogP contribution in [0.1, 0.15) is 44.1 Å². The maximum atomic E-state index is 7.30. The standard InChI is InChI=1S/C40H32N4/c1-41-34-13-9-29(10-14-34)38-42-37(28-5-3-2-4-6-28)43-39(44-38)32-11-15-35-30(20-32)7-8-31-21-33(12-16-36(31)35)40-22-25-17-26(23-40)19-27(18-25)24-40/h2-16,20-21,25-27H,17-19,22-24H2. The molecule has 4 heteroatoms. The quantitative estimate of drug-likeness (QED) is 0.157. The van der Waals surface area contributed by atoms with Gasteiger partial charge in [0.25, 0.3) is 0 Å². The Hall–Kier alpha value is -4.88. The van der Waals surface area contributed by atoms with Gasteiger partial charge in [-0.25, -0.2) is 19.8 Å². The summed E-state index contributed by atoms with van der Waals surface area (Å²) >= 11 is 0. The molecule has 0 radical (unpaired) electrons. The minimum Gasteiger partial charge on any atom is -0.238 e. The van der Waals surface area contributed by atoms with Gasteiger partial charge < -0.3 is 0 Å². The molecule has 0 atom stereocenters. The smallest absolute Gasteiger partial charge is 0.187 e. The number of hydrogen-bond acceptors (Lipinski definition) is 3. The zero-order valence-electron chi connectivity index (χ0n) is 24.6. The number of hydrogen-bond donors (Lipinski definition) is 0. The summed E-state index contributed by atoms with van der Waals surface area (Å²) < 4.78 is 0. The Labute approximate surface area is 257 Å². The Kier molecular flexibility index (Phi) is 5.72. The first-order valence-electron chi connectivity index (χ1n) is 15.9. The second-order valence-corrected chi connectivity index (χ2v) is 13.5. The summed E-state index contributed by atoms with van der Waals surface area (Å²) in [6, 6.07) is 36.0. The van der Waals surface area contributed by atoms with Crippen molar-refractivity contribution in [3.63, 3.8) is 0 Å². The molecule has 4 aliphatic rings. The number of rotatable bonds is 4. The molecule has 0 spiro atoms. The molecule has 1 aromatic heterocycles. The van der Waals surface area contributed by atoms with Gasteiger partial charge >= 0.3 is 0 Å². The van der Waals surface area contributed by atoms with Crippen molar-refractivity contribution in [1.82, 2.24) is 15.0 Å². The van der Waals surface area contributed by atoms with Crippen LogP contribution < -0.4 is 0 Å². The molecule has 44 heavy (non-hydrogen) atoms. The zero-order chi connectivity index (χ0) is 29.3. The Morgan fingerprint density at radius 3 is 1.68 bits per heavy atom. The summed E-state index contributed by atoms with van der Waals surface area (Å²) in [5, 5.41) is 5.09. The molecule has 4 aliphatic carbocycles. The van der Waals surface area contributed by atoms with Crippen molar-refractivity contribution in [2.45, 2.75) is 43.9 Å². The highest BCUT2D eigenvalue weighted by Gasteiger charge is 2.51. The Morgan fingerprint density at radius 2 is 1.07 bits per heavy atom. The highest BCUT2D eigenvalue weighted by molar-refractivity contribution is 6.08. The lowest BCUT2D eigenvalue weighted by Gasteiger charge is -2.57.